The van der Waals surface area contributed by atoms with Crippen molar-refractivity contribution < 1.29 is 38.1 Å². The van der Waals surface area contributed by atoms with Gasteiger partial charge in [0.15, 0.2) is 0 Å². The minimum absolute atomic E-state index is 0.0230. The van der Waals surface area contributed by atoms with E-state index >= 15 is 0 Å². The number of rotatable bonds is 8. The lowest BCUT2D eigenvalue weighted by Crippen LogP contribution is -2.51. The molecule has 0 spiro atoms. The first-order valence-electron chi connectivity index (χ1n) is 14.8. The van der Waals surface area contributed by atoms with E-state index in [-0.39, 0.29) is 44.5 Å². The van der Waals surface area contributed by atoms with Gasteiger partial charge in [-0.3, -0.25) is 14.5 Å². The minimum Gasteiger partial charge on any atom is -0.462 e. The molecule has 3 atom stereocenters. The van der Waals surface area contributed by atoms with Crippen LogP contribution in [0.15, 0.2) is 30.3 Å². The van der Waals surface area contributed by atoms with Crippen LogP contribution in [0, 0.1) is 5.92 Å². The molecule has 1 saturated carbocycles. The second kappa shape index (κ2) is 12.8. The van der Waals surface area contributed by atoms with E-state index in [9.17, 15) is 19.2 Å². The molecule has 2 aliphatic heterocycles. The van der Waals surface area contributed by atoms with Crippen molar-refractivity contribution in [3.63, 3.8) is 0 Å². The van der Waals surface area contributed by atoms with Crippen LogP contribution in [0.4, 0.5) is 9.59 Å². The van der Waals surface area contributed by atoms with E-state index in [1.54, 1.807) is 34.6 Å². The van der Waals surface area contributed by atoms with Gasteiger partial charge in [-0.25, -0.2) is 14.5 Å². The second-order valence-electron chi connectivity index (χ2n) is 12.7. The summed E-state index contributed by atoms with van der Waals surface area (Å²) in [6.07, 6.45) is 3.94. The fraction of sp³-hybridized carbons (Fsp3) is 0.677. The molecular formula is C31H44N2O8. The van der Waals surface area contributed by atoms with E-state index in [2.05, 4.69) is 0 Å². The normalized spacial score (nSPS) is 23.7. The van der Waals surface area contributed by atoms with E-state index in [0.717, 1.165) is 42.6 Å². The van der Waals surface area contributed by atoms with Crippen molar-refractivity contribution in [2.75, 3.05) is 13.2 Å². The first kappa shape index (κ1) is 30.8. The maximum atomic E-state index is 14.1. The summed E-state index contributed by atoms with van der Waals surface area (Å²) in [5, 5.41) is 0. The number of carbonyl (C=O) groups is 4. The van der Waals surface area contributed by atoms with E-state index < -0.39 is 47.4 Å². The number of cyclic esters (lactones) is 1. The lowest BCUT2D eigenvalue weighted by Gasteiger charge is -2.36. The SMILES string of the molecule is CC(C)(C)OC(=O)N1C(C[C@@H](CCC(=O)OC2CCCCC2)C(=O)N2C(=O)OC[C@H]2c2ccccc2)COC1(C)C. The summed E-state index contributed by atoms with van der Waals surface area (Å²) in [6, 6.07) is 8.17. The van der Waals surface area contributed by atoms with Crippen LogP contribution >= 0.6 is 0 Å². The van der Waals surface area contributed by atoms with Gasteiger partial charge in [-0.15, -0.1) is 0 Å². The predicted molar refractivity (Wildman–Crippen MR) is 150 cm³/mol. The van der Waals surface area contributed by atoms with E-state index in [1.807, 2.05) is 30.3 Å². The second-order valence-corrected chi connectivity index (χ2v) is 12.7. The molecule has 0 radical (unpaired) electrons. The number of carbonyl (C=O) groups excluding carboxylic acids is 4. The smallest absolute Gasteiger partial charge is 0.417 e. The van der Waals surface area contributed by atoms with Crippen molar-refractivity contribution in [3.05, 3.63) is 35.9 Å². The average molecular weight is 573 g/mol. The van der Waals surface area contributed by atoms with Crippen molar-refractivity contribution in [2.45, 2.75) is 115 Å². The number of hydrogen-bond donors (Lipinski definition) is 0. The van der Waals surface area contributed by atoms with Crippen molar-refractivity contribution in [3.8, 4) is 0 Å². The molecule has 1 unspecified atom stereocenters. The fourth-order valence-electron chi connectivity index (χ4n) is 5.91. The van der Waals surface area contributed by atoms with Gasteiger partial charge in [-0.05, 0) is 78.7 Å². The molecule has 226 valence electrons. The molecule has 0 bridgehead atoms. The Morgan fingerprint density at radius 2 is 1.73 bits per heavy atom. The van der Waals surface area contributed by atoms with Gasteiger partial charge in [0, 0.05) is 12.3 Å². The standard InChI is InChI=1S/C31H44N2O8/c1-30(2,3)41-29(37)33-23(19-39-31(33,4)5)18-22(16-17-26(34)40-24-14-10-7-11-15-24)27(35)32-25(20-38-28(32)36)21-12-8-6-9-13-21/h6,8-9,12-13,22-25H,7,10-11,14-20H2,1-5H3/t22-,23?,25+/m1/s1. The zero-order valence-electron chi connectivity index (χ0n) is 24.9. The number of hydrogen-bond acceptors (Lipinski definition) is 8. The van der Waals surface area contributed by atoms with Gasteiger partial charge in [0.25, 0.3) is 0 Å². The molecule has 2 heterocycles. The summed E-state index contributed by atoms with van der Waals surface area (Å²) in [7, 11) is 0. The molecule has 10 nitrogen and oxygen atoms in total. The Hall–Kier alpha value is -3.14. The first-order valence-corrected chi connectivity index (χ1v) is 14.8. The van der Waals surface area contributed by atoms with E-state index in [0.29, 0.717) is 0 Å². The summed E-state index contributed by atoms with van der Waals surface area (Å²) in [5.74, 6) is -1.57. The third kappa shape index (κ3) is 7.78. The molecular weight excluding hydrogens is 528 g/mol. The highest BCUT2D eigenvalue weighted by atomic mass is 16.6. The van der Waals surface area contributed by atoms with Gasteiger partial charge in [0.2, 0.25) is 5.91 Å². The Morgan fingerprint density at radius 1 is 1.05 bits per heavy atom. The molecule has 3 fully saturated rings. The minimum atomic E-state index is -0.959. The van der Waals surface area contributed by atoms with Crippen LogP contribution in [0.1, 0.15) is 97.6 Å². The third-order valence-corrected chi connectivity index (χ3v) is 7.91. The highest BCUT2D eigenvalue weighted by molar-refractivity contribution is 5.95. The Balaban J connectivity index is 1.55. The number of esters is 1. The largest absolute Gasteiger partial charge is 0.462 e. The van der Waals surface area contributed by atoms with Crippen molar-refractivity contribution in [2.24, 2.45) is 5.92 Å². The Bertz CT molecular complexity index is 1090. The predicted octanol–water partition coefficient (Wildman–Crippen LogP) is 5.74. The molecule has 10 heteroatoms. The van der Waals surface area contributed by atoms with Crippen LogP contribution in [-0.4, -0.2) is 70.5 Å². The lowest BCUT2D eigenvalue weighted by atomic mass is 9.92. The van der Waals surface area contributed by atoms with Crippen molar-refractivity contribution in [1.82, 2.24) is 9.80 Å². The maximum Gasteiger partial charge on any atom is 0.417 e. The quantitative estimate of drug-likeness (QED) is 0.286. The summed E-state index contributed by atoms with van der Waals surface area (Å²) in [5.41, 5.74) is -0.900. The van der Waals surface area contributed by atoms with Gasteiger partial charge in [-0.2, -0.15) is 0 Å². The van der Waals surface area contributed by atoms with Gasteiger partial charge < -0.3 is 18.9 Å². The molecule has 0 aromatic heterocycles. The molecule has 1 aromatic carbocycles. The molecule has 41 heavy (non-hydrogen) atoms. The summed E-state index contributed by atoms with van der Waals surface area (Å²) >= 11 is 0. The Labute approximate surface area is 242 Å². The fourth-order valence-corrected chi connectivity index (χ4v) is 5.91. The summed E-state index contributed by atoms with van der Waals surface area (Å²) in [6.45, 7) is 9.16. The molecule has 2 saturated heterocycles. The van der Waals surface area contributed by atoms with Crippen molar-refractivity contribution >= 4 is 24.1 Å². The summed E-state index contributed by atoms with van der Waals surface area (Å²) in [4.78, 5) is 55.7. The molecule has 0 N–H and O–H groups in total. The van der Waals surface area contributed by atoms with Crippen LogP contribution in [-0.2, 0) is 28.5 Å². The van der Waals surface area contributed by atoms with Crippen LogP contribution < -0.4 is 0 Å². The number of nitrogens with zero attached hydrogens (tertiary/aromatic N) is 2. The van der Waals surface area contributed by atoms with Gasteiger partial charge in [-0.1, -0.05) is 36.8 Å². The highest BCUT2D eigenvalue weighted by Gasteiger charge is 2.48. The van der Waals surface area contributed by atoms with Gasteiger partial charge >= 0.3 is 18.2 Å². The van der Waals surface area contributed by atoms with Crippen LogP contribution in [0.3, 0.4) is 0 Å². The van der Waals surface area contributed by atoms with Crippen LogP contribution in [0.5, 0.6) is 0 Å². The third-order valence-electron chi connectivity index (χ3n) is 7.91. The zero-order valence-corrected chi connectivity index (χ0v) is 24.9. The average Bonchev–Trinajstić information content (AvgIpc) is 3.44. The first-order chi connectivity index (χ1) is 19.4. The number of imide groups is 1. The van der Waals surface area contributed by atoms with E-state index in [1.165, 1.54) is 4.90 Å². The van der Waals surface area contributed by atoms with Gasteiger partial charge in [0.05, 0.1) is 12.6 Å². The number of ether oxygens (including phenoxy) is 4. The molecule has 3 aliphatic rings. The van der Waals surface area contributed by atoms with Crippen LogP contribution in [0.25, 0.3) is 0 Å². The molecule has 4 rings (SSSR count). The Kier molecular flexibility index (Phi) is 9.62. The van der Waals surface area contributed by atoms with Gasteiger partial charge in [0.1, 0.15) is 30.1 Å². The lowest BCUT2D eigenvalue weighted by molar-refractivity contribution is -0.151. The molecule has 1 aliphatic carbocycles. The number of benzene rings is 1. The Morgan fingerprint density at radius 3 is 2.39 bits per heavy atom. The molecule has 1 aromatic rings. The van der Waals surface area contributed by atoms with E-state index in [4.69, 9.17) is 18.9 Å². The topological polar surface area (TPSA) is 112 Å². The molecule has 3 amide bonds. The summed E-state index contributed by atoms with van der Waals surface area (Å²) < 4.78 is 22.7. The monoisotopic (exact) mass is 572 g/mol. The van der Waals surface area contributed by atoms with Crippen LogP contribution in [0.2, 0.25) is 0 Å². The maximum absolute atomic E-state index is 14.1. The number of amides is 3. The zero-order chi connectivity index (χ0) is 29.8. The van der Waals surface area contributed by atoms with Crippen molar-refractivity contribution in [1.29, 1.82) is 0 Å². The highest BCUT2D eigenvalue weighted by Crippen LogP contribution is 2.36.